The minimum Gasteiger partial charge on any atom is -0.464 e. The van der Waals surface area contributed by atoms with E-state index in [1.165, 1.54) is 48.5 Å². The van der Waals surface area contributed by atoms with Crippen LogP contribution in [0.15, 0.2) is 48.5 Å². The zero-order valence-electron chi connectivity index (χ0n) is 15.2. The quantitative estimate of drug-likeness (QED) is 0.317. The topological polar surface area (TPSA) is 177 Å². The third kappa shape index (κ3) is 6.98. The number of hydrogen-bond donors (Lipinski definition) is 2. The third-order valence-electron chi connectivity index (χ3n) is 3.47. The number of hydrogen-bond acceptors (Lipinski definition) is 9. The van der Waals surface area contributed by atoms with Gasteiger partial charge < -0.3 is 14.9 Å². The zero-order valence-corrected chi connectivity index (χ0v) is 15.2. The van der Waals surface area contributed by atoms with Crippen LogP contribution in [0.4, 0.5) is 11.4 Å². The van der Waals surface area contributed by atoms with E-state index in [-0.39, 0.29) is 23.5 Å². The molecule has 0 amide bonds. The van der Waals surface area contributed by atoms with Crippen molar-refractivity contribution in [3.05, 3.63) is 79.9 Å². The van der Waals surface area contributed by atoms with Crippen LogP contribution in [0.2, 0.25) is 0 Å². The Balaban J connectivity index is 0.000000296. The summed E-state index contributed by atoms with van der Waals surface area (Å²) < 4.78 is 4.61. The molecule has 0 aliphatic heterocycles. The standard InChI is InChI=1S/C10H11NO5.C8H6N2O3/c1-2-16-10(13)9(12)7-3-5-8(6-4-7)11(14)15;9-5-8(11)6-1-3-7(4-2-6)10(12)13/h3-6,9,12H,2H2,1H3;1-4,8,11H. The molecule has 0 radical (unpaired) electrons. The molecule has 0 aliphatic carbocycles. The summed E-state index contributed by atoms with van der Waals surface area (Å²) in [4.78, 5) is 30.7. The smallest absolute Gasteiger partial charge is 0.339 e. The number of carbonyl (C=O) groups is 1. The van der Waals surface area contributed by atoms with Crippen molar-refractivity contribution in [1.82, 2.24) is 0 Å². The first-order chi connectivity index (χ1) is 13.7. The molecule has 0 fully saturated rings. The lowest BCUT2D eigenvalue weighted by Gasteiger charge is -2.09. The van der Waals surface area contributed by atoms with Crippen LogP contribution in [0.3, 0.4) is 0 Å². The fourth-order valence-electron chi connectivity index (χ4n) is 1.99. The van der Waals surface area contributed by atoms with E-state index < -0.39 is 28.0 Å². The maximum Gasteiger partial charge on any atom is 0.339 e. The predicted molar refractivity (Wildman–Crippen MR) is 98.4 cm³/mol. The second kappa shape index (κ2) is 11.1. The highest BCUT2D eigenvalue weighted by Gasteiger charge is 2.19. The molecule has 2 aromatic carbocycles. The van der Waals surface area contributed by atoms with E-state index in [0.717, 1.165) is 0 Å². The number of esters is 1. The molecule has 11 nitrogen and oxygen atoms in total. The molecule has 0 bridgehead atoms. The van der Waals surface area contributed by atoms with E-state index >= 15 is 0 Å². The number of non-ortho nitro benzene ring substituents is 2. The highest BCUT2D eigenvalue weighted by molar-refractivity contribution is 5.76. The number of rotatable bonds is 6. The lowest BCUT2D eigenvalue weighted by molar-refractivity contribution is -0.385. The van der Waals surface area contributed by atoms with Crippen LogP contribution in [-0.2, 0) is 9.53 Å². The van der Waals surface area contributed by atoms with E-state index in [2.05, 4.69) is 4.74 Å². The van der Waals surface area contributed by atoms with E-state index in [1.807, 2.05) is 0 Å². The highest BCUT2D eigenvalue weighted by Crippen LogP contribution is 2.19. The number of nitro groups is 2. The molecule has 2 N–H and O–H groups in total. The first-order valence-electron chi connectivity index (χ1n) is 8.12. The molecule has 0 saturated heterocycles. The average Bonchev–Trinajstić information content (AvgIpc) is 2.73. The van der Waals surface area contributed by atoms with Crippen molar-refractivity contribution in [3.8, 4) is 6.07 Å². The SMILES string of the molecule is CCOC(=O)C(O)c1ccc([N+](=O)[O-])cc1.N#CC(O)c1ccc([N+](=O)[O-])cc1. The van der Waals surface area contributed by atoms with Gasteiger partial charge in [0.2, 0.25) is 0 Å². The maximum atomic E-state index is 11.2. The van der Waals surface area contributed by atoms with Gasteiger partial charge in [-0.25, -0.2) is 4.79 Å². The van der Waals surface area contributed by atoms with Crippen LogP contribution >= 0.6 is 0 Å². The van der Waals surface area contributed by atoms with Gasteiger partial charge in [-0.05, 0) is 42.3 Å². The Morgan fingerprint density at radius 3 is 1.76 bits per heavy atom. The van der Waals surface area contributed by atoms with Gasteiger partial charge in [0.05, 0.1) is 22.5 Å². The van der Waals surface area contributed by atoms with Crippen molar-refractivity contribution in [3.63, 3.8) is 0 Å². The molecule has 29 heavy (non-hydrogen) atoms. The molecule has 2 atom stereocenters. The van der Waals surface area contributed by atoms with Gasteiger partial charge >= 0.3 is 5.97 Å². The van der Waals surface area contributed by atoms with Crippen LogP contribution in [0.1, 0.15) is 30.3 Å². The molecule has 2 aromatic rings. The Morgan fingerprint density at radius 1 is 1.00 bits per heavy atom. The summed E-state index contributed by atoms with van der Waals surface area (Å²) in [5.74, 6) is -0.767. The predicted octanol–water partition coefficient (Wildman–Crippen LogP) is 2.34. The van der Waals surface area contributed by atoms with Crippen molar-refractivity contribution < 1.29 is 29.6 Å². The fourth-order valence-corrected chi connectivity index (χ4v) is 1.99. The van der Waals surface area contributed by atoms with E-state index in [1.54, 1.807) is 13.0 Å². The maximum absolute atomic E-state index is 11.2. The van der Waals surface area contributed by atoms with Crippen molar-refractivity contribution in [2.45, 2.75) is 19.1 Å². The Bertz CT molecular complexity index is 891. The monoisotopic (exact) mass is 403 g/mol. The number of aliphatic hydroxyl groups is 2. The molecule has 0 spiro atoms. The summed E-state index contributed by atoms with van der Waals surface area (Å²) in [6, 6.07) is 11.9. The lowest BCUT2D eigenvalue weighted by atomic mass is 10.1. The highest BCUT2D eigenvalue weighted by atomic mass is 16.6. The van der Waals surface area contributed by atoms with Crippen molar-refractivity contribution in [1.29, 1.82) is 5.26 Å². The Kier molecular flexibility index (Phi) is 8.84. The second-order valence-corrected chi connectivity index (χ2v) is 5.38. The molecule has 0 saturated carbocycles. The van der Waals surface area contributed by atoms with Crippen LogP contribution in [0.5, 0.6) is 0 Å². The van der Waals surface area contributed by atoms with Crippen molar-refractivity contribution >= 4 is 17.3 Å². The van der Waals surface area contributed by atoms with Gasteiger partial charge in [-0.2, -0.15) is 5.26 Å². The van der Waals surface area contributed by atoms with Gasteiger partial charge in [0.15, 0.2) is 12.2 Å². The summed E-state index contributed by atoms with van der Waals surface area (Å²) in [5.41, 5.74) is 0.464. The van der Waals surface area contributed by atoms with E-state index in [4.69, 9.17) is 10.4 Å². The summed E-state index contributed by atoms with van der Waals surface area (Å²) in [5, 5.41) is 47.5. The largest absolute Gasteiger partial charge is 0.464 e. The summed E-state index contributed by atoms with van der Waals surface area (Å²) >= 11 is 0. The van der Waals surface area contributed by atoms with E-state index in [9.17, 15) is 30.1 Å². The molecule has 11 heteroatoms. The van der Waals surface area contributed by atoms with Gasteiger partial charge in [-0.15, -0.1) is 0 Å². The second-order valence-electron chi connectivity index (χ2n) is 5.38. The van der Waals surface area contributed by atoms with Crippen LogP contribution < -0.4 is 0 Å². The van der Waals surface area contributed by atoms with Crippen molar-refractivity contribution in [2.75, 3.05) is 6.61 Å². The zero-order chi connectivity index (χ0) is 22.0. The number of ether oxygens (including phenoxy) is 1. The average molecular weight is 403 g/mol. The number of nitro benzene ring substituents is 2. The van der Waals surface area contributed by atoms with Gasteiger partial charge in [0.25, 0.3) is 11.4 Å². The molecular formula is C18H17N3O8. The number of benzene rings is 2. The van der Waals surface area contributed by atoms with Crippen LogP contribution in [0.25, 0.3) is 0 Å². The van der Waals surface area contributed by atoms with Gasteiger partial charge in [0.1, 0.15) is 0 Å². The molecule has 2 unspecified atom stereocenters. The summed E-state index contributed by atoms with van der Waals surface area (Å²) in [7, 11) is 0. The number of nitriles is 1. The van der Waals surface area contributed by atoms with Gasteiger partial charge in [-0.1, -0.05) is 0 Å². The van der Waals surface area contributed by atoms with Gasteiger partial charge in [-0.3, -0.25) is 20.2 Å². The number of aliphatic hydroxyl groups excluding tert-OH is 2. The molecule has 0 aliphatic rings. The molecule has 0 aromatic heterocycles. The van der Waals surface area contributed by atoms with Crippen molar-refractivity contribution in [2.24, 2.45) is 0 Å². The molecule has 0 heterocycles. The van der Waals surface area contributed by atoms with Crippen LogP contribution in [0, 0.1) is 31.6 Å². The minimum absolute atomic E-state index is 0.0612. The Labute approximate surface area is 164 Å². The first-order valence-corrected chi connectivity index (χ1v) is 8.12. The minimum atomic E-state index is -1.40. The Hall–Kier alpha value is -3.88. The third-order valence-corrected chi connectivity index (χ3v) is 3.47. The number of nitrogens with zero attached hydrogens (tertiary/aromatic N) is 3. The molecule has 2 rings (SSSR count). The molecular weight excluding hydrogens is 386 g/mol. The summed E-state index contributed by atoms with van der Waals surface area (Å²) in [6.45, 7) is 1.79. The van der Waals surface area contributed by atoms with E-state index in [0.29, 0.717) is 5.56 Å². The first kappa shape index (κ1) is 23.2. The lowest BCUT2D eigenvalue weighted by Crippen LogP contribution is -2.15. The molecule has 152 valence electrons. The fraction of sp³-hybridized carbons (Fsp3) is 0.222. The Morgan fingerprint density at radius 2 is 1.41 bits per heavy atom. The normalized spacial score (nSPS) is 11.8. The van der Waals surface area contributed by atoms with Crippen LogP contribution in [-0.4, -0.2) is 32.6 Å². The van der Waals surface area contributed by atoms with Gasteiger partial charge in [0, 0.05) is 24.3 Å². The summed E-state index contributed by atoms with van der Waals surface area (Å²) in [6.07, 6.45) is -2.62. The number of carbonyl (C=O) groups excluding carboxylic acids is 1.